The van der Waals surface area contributed by atoms with Crippen molar-refractivity contribution in [1.82, 2.24) is 4.98 Å². The number of halogens is 1. The summed E-state index contributed by atoms with van der Waals surface area (Å²) in [5, 5.41) is 0. The zero-order chi connectivity index (χ0) is 12.3. The Balaban J connectivity index is 0.00000162. The Morgan fingerprint density at radius 2 is 1.67 bits per heavy atom. The maximum Gasteiger partial charge on any atom is 0.0273 e. The Bertz CT molecular complexity index is 379. The van der Waals surface area contributed by atoms with E-state index in [9.17, 15) is 0 Å². The van der Waals surface area contributed by atoms with Gasteiger partial charge in [-0.25, -0.2) is 0 Å². The van der Waals surface area contributed by atoms with Crippen LogP contribution in [0, 0.1) is 11.3 Å². The second kappa shape index (κ2) is 6.38. The molecule has 1 fully saturated rings. The van der Waals surface area contributed by atoms with E-state index in [1.54, 1.807) is 5.57 Å². The zero-order valence-corrected chi connectivity index (χ0v) is 12.5. The minimum atomic E-state index is 0. The molecule has 0 spiro atoms. The SMILES string of the molecule is CC(C)(C)C1CCC(=Cc2ccncc2)CC1.Cl. The van der Waals surface area contributed by atoms with Crippen LogP contribution in [0.3, 0.4) is 0 Å². The van der Waals surface area contributed by atoms with Crippen LogP contribution in [0.2, 0.25) is 0 Å². The van der Waals surface area contributed by atoms with Gasteiger partial charge in [0, 0.05) is 12.4 Å². The largest absolute Gasteiger partial charge is 0.265 e. The van der Waals surface area contributed by atoms with Gasteiger partial charge < -0.3 is 0 Å². The summed E-state index contributed by atoms with van der Waals surface area (Å²) in [6.07, 6.45) is 11.3. The smallest absolute Gasteiger partial charge is 0.0273 e. The van der Waals surface area contributed by atoms with E-state index in [4.69, 9.17) is 0 Å². The van der Waals surface area contributed by atoms with Gasteiger partial charge in [-0.3, -0.25) is 4.98 Å². The van der Waals surface area contributed by atoms with Crippen molar-refractivity contribution in [3.8, 4) is 0 Å². The lowest BCUT2D eigenvalue weighted by Gasteiger charge is -2.34. The summed E-state index contributed by atoms with van der Waals surface area (Å²) in [5.41, 5.74) is 3.38. The van der Waals surface area contributed by atoms with Crippen LogP contribution in [0.5, 0.6) is 0 Å². The van der Waals surface area contributed by atoms with E-state index in [-0.39, 0.29) is 12.4 Å². The minimum absolute atomic E-state index is 0. The van der Waals surface area contributed by atoms with E-state index in [0.29, 0.717) is 5.41 Å². The molecule has 0 amide bonds. The maximum absolute atomic E-state index is 4.05. The molecule has 0 radical (unpaired) electrons. The molecule has 100 valence electrons. The van der Waals surface area contributed by atoms with Gasteiger partial charge >= 0.3 is 0 Å². The lowest BCUT2D eigenvalue weighted by molar-refractivity contribution is 0.198. The average Bonchev–Trinajstić information content (AvgIpc) is 2.30. The van der Waals surface area contributed by atoms with Crippen LogP contribution < -0.4 is 0 Å². The first-order valence-electron chi connectivity index (χ1n) is 6.65. The lowest BCUT2D eigenvalue weighted by Crippen LogP contribution is -2.23. The van der Waals surface area contributed by atoms with E-state index in [2.05, 4.69) is 44.0 Å². The van der Waals surface area contributed by atoms with Crippen LogP contribution in [0.1, 0.15) is 52.0 Å². The van der Waals surface area contributed by atoms with Gasteiger partial charge in [-0.15, -0.1) is 12.4 Å². The molecule has 1 aromatic heterocycles. The minimum Gasteiger partial charge on any atom is -0.265 e. The quantitative estimate of drug-likeness (QED) is 0.687. The summed E-state index contributed by atoms with van der Waals surface area (Å²) in [6.45, 7) is 7.11. The molecular weight excluding hydrogens is 242 g/mol. The monoisotopic (exact) mass is 265 g/mol. The molecule has 1 heterocycles. The van der Waals surface area contributed by atoms with Gasteiger partial charge in [0.15, 0.2) is 0 Å². The fourth-order valence-electron chi connectivity index (χ4n) is 2.69. The molecule has 1 nitrogen and oxygen atoms in total. The summed E-state index contributed by atoms with van der Waals surface area (Å²) in [6, 6.07) is 4.17. The molecule has 1 aliphatic carbocycles. The molecule has 0 N–H and O–H groups in total. The molecule has 0 unspecified atom stereocenters. The number of aromatic nitrogens is 1. The van der Waals surface area contributed by atoms with Gasteiger partial charge in [-0.05, 0) is 54.7 Å². The summed E-state index contributed by atoms with van der Waals surface area (Å²) in [4.78, 5) is 4.05. The van der Waals surface area contributed by atoms with Gasteiger partial charge in [0.2, 0.25) is 0 Å². The normalized spacial score (nSPS) is 20.2. The van der Waals surface area contributed by atoms with Crippen LogP contribution in [0.15, 0.2) is 30.1 Å². The van der Waals surface area contributed by atoms with E-state index in [1.807, 2.05) is 12.4 Å². The first kappa shape index (κ1) is 15.2. The number of allylic oxidation sites excluding steroid dienone is 1. The summed E-state index contributed by atoms with van der Waals surface area (Å²) in [7, 11) is 0. The highest BCUT2D eigenvalue weighted by molar-refractivity contribution is 5.85. The van der Waals surface area contributed by atoms with E-state index in [0.717, 1.165) is 5.92 Å². The standard InChI is InChI=1S/C16H23N.ClH/c1-16(2,3)15-6-4-13(5-7-15)12-14-8-10-17-11-9-14;/h8-12,15H,4-7H2,1-3H3;1H. The fraction of sp³-hybridized carbons (Fsp3) is 0.562. The highest BCUT2D eigenvalue weighted by Crippen LogP contribution is 2.39. The van der Waals surface area contributed by atoms with E-state index < -0.39 is 0 Å². The van der Waals surface area contributed by atoms with Crippen molar-refractivity contribution >= 4 is 18.5 Å². The molecule has 0 aliphatic heterocycles. The molecule has 0 aromatic carbocycles. The van der Waals surface area contributed by atoms with Gasteiger partial charge in [0.25, 0.3) is 0 Å². The first-order chi connectivity index (χ1) is 8.05. The number of rotatable bonds is 1. The van der Waals surface area contributed by atoms with E-state index in [1.165, 1.54) is 31.2 Å². The molecule has 1 aliphatic rings. The van der Waals surface area contributed by atoms with Gasteiger partial charge in [-0.2, -0.15) is 0 Å². The Kier molecular flexibility index (Phi) is 5.40. The highest BCUT2D eigenvalue weighted by Gasteiger charge is 2.27. The van der Waals surface area contributed by atoms with Gasteiger partial charge in [-0.1, -0.05) is 32.4 Å². The van der Waals surface area contributed by atoms with Crippen molar-refractivity contribution in [3.63, 3.8) is 0 Å². The van der Waals surface area contributed by atoms with Crippen molar-refractivity contribution in [1.29, 1.82) is 0 Å². The van der Waals surface area contributed by atoms with Crippen LogP contribution in [0.4, 0.5) is 0 Å². The Labute approximate surface area is 117 Å². The third kappa shape index (κ3) is 4.13. The first-order valence-corrected chi connectivity index (χ1v) is 6.65. The number of nitrogens with zero attached hydrogens (tertiary/aromatic N) is 1. The molecule has 1 saturated carbocycles. The molecule has 1 aromatic rings. The Morgan fingerprint density at radius 1 is 1.11 bits per heavy atom. The molecular formula is C16H24ClN. The Hall–Kier alpha value is -0.820. The summed E-state index contributed by atoms with van der Waals surface area (Å²) in [5.74, 6) is 0.886. The van der Waals surface area contributed by atoms with Crippen molar-refractivity contribution in [2.75, 3.05) is 0 Å². The molecule has 0 atom stereocenters. The molecule has 18 heavy (non-hydrogen) atoms. The molecule has 2 heteroatoms. The second-order valence-corrected chi connectivity index (χ2v) is 6.22. The number of hydrogen-bond acceptors (Lipinski definition) is 1. The number of pyridine rings is 1. The predicted octanol–water partition coefficient (Wildman–Crippen LogP) is 5.12. The van der Waals surface area contributed by atoms with Crippen LogP contribution >= 0.6 is 12.4 Å². The van der Waals surface area contributed by atoms with E-state index >= 15 is 0 Å². The predicted molar refractivity (Wildman–Crippen MR) is 80.9 cm³/mol. The Morgan fingerprint density at radius 3 is 2.17 bits per heavy atom. The maximum atomic E-state index is 4.05. The van der Waals surface area contributed by atoms with Crippen molar-refractivity contribution in [2.24, 2.45) is 11.3 Å². The van der Waals surface area contributed by atoms with Gasteiger partial charge in [0.1, 0.15) is 0 Å². The molecule has 0 bridgehead atoms. The van der Waals surface area contributed by atoms with Gasteiger partial charge in [0.05, 0.1) is 0 Å². The summed E-state index contributed by atoms with van der Waals surface area (Å²) < 4.78 is 0. The molecule has 2 rings (SSSR count). The lowest BCUT2D eigenvalue weighted by atomic mass is 9.71. The van der Waals surface area contributed by atoms with Crippen molar-refractivity contribution in [3.05, 3.63) is 35.7 Å². The molecule has 0 saturated heterocycles. The number of hydrogen-bond donors (Lipinski definition) is 0. The van der Waals surface area contributed by atoms with Crippen molar-refractivity contribution < 1.29 is 0 Å². The zero-order valence-electron chi connectivity index (χ0n) is 11.6. The third-order valence-corrected chi connectivity index (χ3v) is 3.93. The van der Waals surface area contributed by atoms with Crippen LogP contribution in [-0.4, -0.2) is 4.98 Å². The average molecular weight is 266 g/mol. The topological polar surface area (TPSA) is 12.9 Å². The van der Waals surface area contributed by atoms with Crippen molar-refractivity contribution in [2.45, 2.75) is 46.5 Å². The highest BCUT2D eigenvalue weighted by atomic mass is 35.5. The van der Waals surface area contributed by atoms with Crippen LogP contribution in [-0.2, 0) is 0 Å². The fourth-order valence-corrected chi connectivity index (χ4v) is 2.69. The third-order valence-electron chi connectivity index (χ3n) is 3.93. The second-order valence-electron chi connectivity index (χ2n) is 6.22. The van der Waals surface area contributed by atoms with Crippen LogP contribution in [0.25, 0.3) is 6.08 Å². The summed E-state index contributed by atoms with van der Waals surface area (Å²) >= 11 is 0.